The molecule has 0 saturated carbocycles. The van der Waals surface area contributed by atoms with Gasteiger partial charge in [-0.25, -0.2) is 9.59 Å². The third-order valence-electron chi connectivity index (χ3n) is 4.26. The number of fused-ring (bicyclic) bond motifs is 1. The summed E-state index contributed by atoms with van der Waals surface area (Å²) in [7, 11) is 1.25. The average molecular weight is 411 g/mol. The van der Waals surface area contributed by atoms with Crippen molar-refractivity contribution in [3.63, 3.8) is 0 Å². The predicted octanol–water partition coefficient (Wildman–Crippen LogP) is -0.370. The molecule has 1 fully saturated rings. The number of nitrogens with zero attached hydrogens (tertiary/aromatic N) is 1. The molecule has 0 bridgehead atoms. The number of hydrogen-bond donors (Lipinski definition) is 3. The van der Waals surface area contributed by atoms with E-state index >= 15 is 0 Å². The molecule has 2 aliphatic heterocycles. The van der Waals surface area contributed by atoms with E-state index in [2.05, 4.69) is 10.1 Å². The molecule has 4 N–H and O–H groups in total. The maximum Gasteiger partial charge on any atom is 0.404 e. The van der Waals surface area contributed by atoms with E-state index in [1.165, 1.54) is 25.1 Å². The van der Waals surface area contributed by atoms with E-state index in [1.807, 2.05) is 0 Å². The molecular weight excluding hydrogens is 394 g/mol. The highest BCUT2D eigenvalue weighted by Crippen LogP contribution is 2.46. The molecule has 11 nitrogen and oxygen atoms in total. The molecular formula is C16H17N3O8S. The second kappa shape index (κ2) is 7.56. The van der Waals surface area contributed by atoms with Crippen molar-refractivity contribution in [1.29, 1.82) is 0 Å². The molecule has 28 heavy (non-hydrogen) atoms. The number of methoxy groups -OCH3 is 1. The number of furan rings is 1. The molecule has 1 aromatic heterocycles. The summed E-state index contributed by atoms with van der Waals surface area (Å²) in [6.45, 7) is -0.356. The largest absolute Gasteiger partial charge is 0.477 e. The number of carbonyl (C=O) groups excluding carboxylic acids is 3. The Kier molecular flexibility index (Phi) is 5.34. The number of carboxylic acid groups (broad SMARTS) is 1. The van der Waals surface area contributed by atoms with Gasteiger partial charge in [0, 0.05) is 18.4 Å². The molecule has 0 aromatic carbocycles. The maximum absolute atomic E-state index is 12.8. The zero-order valence-electron chi connectivity index (χ0n) is 14.7. The SMILES string of the molecule is CO[C@@]1(NC(=O)Cc2ccco2)C(=O)N2C(C(=O)O)=C(COC(N)=O)CS[C@H]21. The number of nitrogens with one attached hydrogen (secondary N) is 1. The van der Waals surface area contributed by atoms with E-state index in [9.17, 15) is 24.3 Å². The van der Waals surface area contributed by atoms with Crippen molar-refractivity contribution in [3.05, 3.63) is 35.4 Å². The Morgan fingerprint density at radius 2 is 2.25 bits per heavy atom. The molecule has 2 aliphatic rings. The van der Waals surface area contributed by atoms with Gasteiger partial charge in [-0.2, -0.15) is 0 Å². The quantitative estimate of drug-likeness (QED) is 0.401. The Bertz CT molecular complexity index is 852. The molecule has 0 spiro atoms. The van der Waals surface area contributed by atoms with Gasteiger partial charge in [-0.05, 0) is 12.1 Å². The number of carbonyl (C=O) groups is 4. The van der Waals surface area contributed by atoms with Crippen LogP contribution in [0, 0.1) is 0 Å². The molecule has 2 atom stereocenters. The van der Waals surface area contributed by atoms with E-state index in [1.54, 1.807) is 12.1 Å². The smallest absolute Gasteiger partial charge is 0.404 e. The van der Waals surface area contributed by atoms with Crippen LogP contribution in [0.5, 0.6) is 0 Å². The maximum atomic E-state index is 12.8. The molecule has 0 unspecified atom stereocenters. The number of rotatable bonds is 7. The van der Waals surface area contributed by atoms with Gasteiger partial charge in [-0.1, -0.05) is 0 Å². The molecule has 1 saturated heterocycles. The van der Waals surface area contributed by atoms with E-state index in [0.717, 1.165) is 4.90 Å². The first-order valence-electron chi connectivity index (χ1n) is 8.01. The van der Waals surface area contributed by atoms with Crippen LogP contribution in [-0.2, 0) is 30.3 Å². The van der Waals surface area contributed by atoms with Crippen LogP contribution in [0.15, 0.2) is 34.1 Å². The molecule has 3 rings (SSSR count). The second-order valence-electron chi connectivity index (χ2n) is 5.95. The molecule has 0 radical (unpaired) electrons. The highest BCUT2D eigenvalue weighted by Gasteiger charge is 2.66. The topological polar surface area (TPSA) is 161 Å². The Morgan fingerprint density at radius 1 is 1.50 bits per heavy atom. The lowest BCUT2D eigenvalue weighted by molar-refractivity contribution is -0.192. The highest BCUT2D eigenvalue weighted by molar-refractivity contribution is 8.00. The van der Waals surface area contributed by atoms with Gasteiger partial charge in [-0.15, -0.1) is 11.8 Å². The van der Waals surface area contributed by atoms with Crippen LogP contribution in [0.2, 0.25) is 0 Å². The number of carboxylic acids is 1. The number of β-lactam (4-membered cyclic amide) rings is 1. The minimum absolute atomic E-state index is 0.109. The van der Waals surface area contributed by atoms with Crippen LogP contribution < -0.4 is 11.1 Å². The van der Waals surface area contributed by atoms with E-state index in [0.29, 0.717) is 5.76 Å². The summed E-state index contributed by atoms with van der Waals surface area (Å²) in [5.74, 6) is -2.08. The van der Waals surface area contributed by atoms with E-state index in [-0.39, 0.29) is 30.1 Å². The summed E-state index contributed by atoms with van der Waals surface area (Å²) in [6.07, 6.45) is 0.250. The fraction of sp³-hybridized carbons (Fsp3) is 0.375. The normalized spacial score (nSPS) is 23.7. The van der Waals surface area contributed by atoms with Crippen molar-refractivity contribution in [1.82, 2.24) is 10.2 Å². The lowest BCUT2D eigenvalue weighted by Crippen LogP contribution is -2.80. The summed E-state index contributed by atoms with van der Waals surface area (Å²) in [4.78, 5) is 48.7. The lowest BCUT2D eigenvalue weighted by atomic mass is 9.98. The first kappa shape index (κ1) is 19.8. The zero-order chi connectivity index (χ0) is 20.5. The molecule has 3 heterocycles. The molecule has 150 valence electrons. The summed E-state index contributed by atoms with van der Waals surface area (Å²) in [5.41, 5.74) is 3.11. The monoisotopic (exact) mass is 411 g/mol. The minimum atomic E-state index is -1.70. The van der Waals surface area contributed by atoms with Gasteiger partial charge in [0.1, 0.15) is 23.4 Å². The van der Waals surface area contributed by atoms with E-state index < -0.39 is 35.0 Å². The zero-order valence-corrected chi connectivity index (χ0v) is 15.5. The molecule has 3 amide bonds. The van der Waals surface area contributed by atoms with Gasteiger partial charge in [0.15, 0.2) is 0 Å². The Morgan fingerprint density at radius 3 is 2.82 bits per heavy atom. The summed E-state index contributed by atoms with van der Waals surface area (Å²) in [6, 6.07) is 3.24. The number of primary amides is 1. The summed E-state index contributed by atoms with van der Waals surface area (Å²) < 4.78 is 15.1. The van der Waals surface area contributed by atoms with Gasteiger partial charge in [0.25, 0.3) is 11.6 Å². The number of hydrogen-bond acceptors (Lipinski definition) is 8. The van der Waals surface area contributed by atoms with Gasteiger partial charge in [0.05, 0.1) is 12.7 Å². The van der Waals surface area contributed by atoms with Gasteiger partial charge < -0.3 is 30.0 Å². The third kappa shape index (κ3) is 3.31. The Hall–Kier alpha value is -2.99. The second-order valence-corrected chi connectivity index (χ2v) is 7.02. The first-order valence-corrected chi connectivity index (χ1v) is 9.06. The van der Waals surface area contributed by atoms with Crippen molar-refractivity contribution in [2.75, 3.05) is 19.5 Å². The Balaban J connectivity index is 1.81. The van der Waals surface area contributed by atoms with Crippen LogP contribution in [0.25, 0.3) is 0 Å². The fourth-order valence-corrected chi connectivity index (χ4v) is 4.46. The number of amides is 3. The van der Waals surface area contributed by atoms with Crippen LogP contribution in [-0.4, -0.2) is 64.5 Å². The van der Waals surface area contributed by atoms with Gasteiger partial charge in [0.2, 0.25) is 5.91 Å². The standard InChI is InChI=1S/C16H17N3O8S/c1-25-16(18-10(20)5-9-3-2-4-26-9)13(23)19-11(12(21)22)8(6-27-15(17)24)7-28-14(16)19/h2-4,14H,5-7H2,1H3,(H2,17,24)(H,18,20)(H,21,22)/t14-,16-/m0/s1. The van der Waals surface area contributed by atoms with Gasteiger partial charge in [-0.3, -0.25) is 14.5 Å². The summed E-state index contributed by atoms with van der Waals surface area (Å²) in [5, 5.41) is 11.3. The third-order valence-corrected chi connectivity index (χ3v) is 5.64. The van der Waals surface area contributed by atoms with Crippen molar-refractivity contribution in [3.8, 4) is 0 Å². The molecule has 0 aliphatic carbocycles. The Labute approximate surface area is 162 Å². The summed E-state index contributed by atoms with van der Waals surface area (Å²) >= 11 is 1.17. The fourth-order valence-electron chi connectivity index (χ4n) is 3.04. The van der Waals surface area contributed by atoms with Crippen LogP contribution in [0.4, 0.5) is 4.79 Å². The highest BCUT2D eigenvalue weighted by atomic mass is 32.2. The van der Waals surface area contributed by atoms with Crippen LogP contribution in [0.1, 0.15) is 5.76 Å². The molecule has 1 aromatic rings. The van der Waals surface area contributed by atoms with Crippen LogP contribution >= 0.6 is 11.8 Å². The number of thioether (sulfide) groups is 1. The van der Waals surface area contributed by atoms with Crippen molar-refractivity contribution in [2.45, 2.75) is 17.5 Å². The minimum Gasteiger partial charge on any atom is -0.477 e. The predicted molar refractivity (Wildman–Crippen MR) is 93.6 cm³/mol. The van der Waals surface area contributed by atoms with Crippen molar-refractivity contribution >= 4 is 35.6 Å². The average Bonchev–Trinajstić information content (AvgIpc) is 3.15. The number of ether oxygens (including phenoxy) is 2. The van der Waals surface area contributed by atoms with E-state index in [4.69, 9.17) is 14.9 Å². The first-order chi connectivity index (χ1) is 13.3. The molecule has 12 heteroatoms. The van der Waals surface area contributed by atoms with Gasteiger partial charge >= 0.3 is 12.1 Å². The van der Waals surface area contributed by atoms with Crippen LogP contribution in [0.3, 0.4) is 0 Å². The lowest BCUT2D eigenvalue weighted by Gasteiger charge is -2.55. The number of nitrogens with two attached hydrogens (primary N) is 1. The number of aliphatic carboxylic acids is 1. The van der Waals surface area contributed by atoms with Crippen molar-refractivity contribution in [2.24, 2.45) is 5.73 Å². The van der Waals surface area contributed by atoms with Crippen molar-refractivity contribution < 1.29 is 38.2 Å².